The number of halogens is 1. The van der Waals surface area contributed by atoms with E-state index in [9.17, 15) is 9.18 Å². The maximum Gasteiger partial charge on any atom is 0.264 e. The van der Waals surface area contributed by atoms with Crippen LogP contribution in [0.5, 0.6) is 0 Å². The van der Waals surface area contributed by atoms with Gasteiger partial charge in [-0.2, -0.15) is 10.1 Å². The minimum atomic E-state index is -0.320. The highest BCUT2D eigenvalue weighted by Crippen LogP contribution is 2.27. The first-order chi connectivity index (χ1) is 13.1. The first kappa shape index (κ1) is 17.3. The Labute approximate surface area is 154 Å². The fraction of sp³-hybridized carbons (Fsp3) is 0.333. The van der Waals surface area contributed by atoms with Crippen molar-refractivity contribution >= 4 is 5.69 Å². The first-order valence-electron chi connectivity index (χ1n) is 8.81. The number of aromatic nitrogens is 4. The molecule has 8 nitrogen and oxygen atoms in total. The monoisotopic (exact) mass is 370 g/mol. The Morgan fingerprint density at radius 1 is 1.19 bits per heavy atom. The van der Waals surface area contributed by atoms with Crippen LogP contribution in [-0.2, 0) is 0 Å². The van der Waals surface area contributed by atoms with Crippen LogP contribution in [0.2, 0.25) is 0 Å². The summed E-state index contributed by atoms with van der Waals surface area (Å²) in [6.07, 6.45) is 0. The molecule has 0 bridgehead atoms. The zero-order valence-electron chi connectivity index (χ0n) is 14.9. The van der Waals surface area contributed by atoms with Gasteiger partial charge in [0.25, 0.3) is 11.4 Å². The van der Waals surface area contributed by atoms with E-state index >= 15 is 0 Å². The van der Waals surface area contributed by atoms with Crippen molar-refractivity contribution in [1.82, 2.24) is 25.2 Å². The average Bonchev–Trinajstić information content (AvgIpc) is 3.19. The van der Waals surface area contributed by atoms with Crippen molar-refractivity contribution in [2.75, 3.05) is 37.6 Å². The number of piperazine rings is 1. The zero-order valence-corrected chi connectivity index (χ0v) is 14.9. The summed E-state index contributed by atoms with van der Waals surface area (Å²) in [6, 6.07) is 7.73. The Kier molecular flexibility index (Phi) is 4.68. The standard InChI is InChI=1S/C18H19FN6O2/c1-2-24-7-9-25(10-8-24)15-5-3-12(11-13(15)19)18-20-17(23-27-18)14-4-6-16(26)22-21-14/h3-6,11H,2,7-10H2,1H3,(H,22,26). The topological polar surface area (TPSA) is 91.2 Å². The molecule has 0 atom stereocenters. The lowest BCUT2D eigenvalue weighted by atomic mass is 10.1. The lowest BCUT2D eigenvalue weighted by molar-refractivity contribution is 0.270. The molecule has 2 aromatic heterocycles. The number of likely N-dealkylation sites (N-methyl/N-ethyl adjacent to an activating group) is 1. The Bertz CT molecular complexity index is 973. The van der Waals surface area contributed by atoms with Crippen molar-refractivity contribution in [2.24, 2.45) is 0 Å². The Balaban J connectivity index is 1.54. The molecule has 1 fully saturated rings. The molecule has 0 saturated carbocycles. The molecule has 1 saturated heterocycles. The third-order valence-corrected chi connectivity index (χ3v) is 4.69. The van der Waals surface area contributed by atoms with Crippen LogP contribution in [0.15, 0.2) is 39.6 Å². The van der Waals surface area contributed by atoms with E-state index in [0.717, 1.165) is 32.7 Å². The highest BCUT2D eigenvalue weighted by Gasteiger charge is 2.20. The quantitative estimate of drug-likeness (QED) is 0.748. The van der Waals surface area contributed by atoms with Gasteiger partial charge in [0.1, 0.15) is 11.5 Å². The van der Waals surface area contributed by atoms with Crippen molar-refractivity contribution < 1.29 is 8.91 Å². The molecule has 1 N–H and O–H groups in total. The molecule has 9 heteroatoms. The molecule has 27 heavy (non-hydrogen) atoms. The van der Waals surface area contributed by atoms with E-state index in [4.69, 9.17) is 4.52 Å². The van der Waals surface area contributed by atoms with Crippen LogP contribution in [0.25, 0.3) is 23.0 Å². The van der Waals surface area contributed by atoms with Gasteiger partial charge in [-0.25, -0.2) is 9.49 Å². The number of H-pyrrole nitrogens is 1. The van der Waals surface area contributed by atoms with Crippen molar-refractivity contribution in [3.05, 3.63) is 46.5 Å². The molecule has 3 heterocycles. The largest absolute Gasteiger partial charge is 0.367 e. The summed E-state index contributed by atoms with van der Waals surface area (Å²) in [5.41, 5.74) is 1.12. The minimum absolute atomic E-state index is 0.194. The van der Waals surface area contributed by atoms with Crippen molar-refractivity contribution in [3.63, 3.8) is 0 Å². The smallest absolute Gasteiger partial charge is 0.264 e. The molecule has 3 aromatic rings. The average molecular weight is 370 g/mol. The van der Waals surface area contributed by atoms with E-state index in [1.165, 1.54) is 18.2 Å². The number of nitrogens with one attached hydrogen (secondary N) is 1. The lowest BCUT2D eigenvalue weighted by Crippen LogP contribution is -2.46. The van der Waals surface area contributed by atoms with Gasteiger partial charge < -0.3 is 14.3 Å². The van der Waals surface area contributed by atoms with E-state index in [-0.39, 0.29) is 23.1 Å². The molecule has 1 aliphatic heterocycles. The number of hydrogen-bond donors (Lipinski definition) is 1. The van der Waals surface area contributed by atoms with Gasteiger partial charge >= 0.3 is 0 Å². The van der Waals surface area contributed by atoms with E-state index in [1.54, 1.807) is 12.1 Å². The number of benzene rings is 1. The van der Waals surface area contributed by atoms with Crippen LogP contribution < -0.4 is 10.5 Å². The predicted octanol–water partition coefficient (Wildman–Crippen LogP) is 1.77. The fourth-order valence-electron chi connectivity index (χ4n) is 3.12. The molecule has 0 amide bonds. The molecular formula is C18H19FN6O2. The number of hydrogen-bond acceptors (Lipinski definition) is 7. The summed E-state index contributed by atoms with van der Waals surface area (Å²) < 4.78 is 19.9. The highest BCUT2D eigenvalue weighted by molar-refractivity contribution is 5.62. The molecule has 1 aromatic carbocycles. The Morgan fingerprint density at radius 2 is 2.00 bits per heavy atom. The maximum absolute atomic E-state index is 14.7. The van der Waals surface area contributed by atoms with E-state index in [0.29, 0.717) is 16.9 Å². The second-order valence-corrected chi connectivity index (χ2v) is 6.32. The summed E-state index contributed by atoms with van der Waals surface area (Å²) in [5, 5.41) is 10.0. The Hall–Kier alpha value is -3.07. The van der Waals surface area contributed by atoms with Crippen LogP contribution in [0, 0.1) is 5.82 Å². The summed E-state index contributed by atoms with van der Waals surface area (Å²) in [4.78, 5) is 19.7. The number of aromatic amines is 1. The second kappa shape index (κ2) is 7.28. The summed E-state index contributed by atoms with van der Waals surface area (Å²) >= 11 is 0. The van der Waals surface area contributed by atoms with Gasteiger partial charge in [-0.3, -0.25) is 4.79 Å². The lowest BCUT2D eigenvalue weighted by Gasteiger charge is -2.35. The second-order valence-electron chi connectivity index (χ2n) is 6.32. The van der Waals surface area contributed by atoms with Gasteiger partial charge in [0.05, 0.1) is 5.69 Å². The van der Waals surface area contributed by atoms with Gasteiger partial charge in [0, 0.05) is 37.8 Å². The number of anilines is 1. The Morgan fingerprint density at radius 3 is 2.67 bits per heavy atom. The highest BCUT2D eigenvalue weighted by atomic mass is 19.1. The number of rotatable bonds is 4. The van der Waals surface area contributed by atoms with Crippen LogP contribution in [0.4, 0.5) is 10.1 Å². The fourth-order valence-corrected chi connectivity index (χ4v) is 3.12. The number of nitrogens with zero attached hydrogens (tertiary/aromatic N) is 5. The molecule has 0 spiro atoms. The molecular weight excluding hydrogens is 351 g/mol. The van der Waals surface area contributed by atoms with Crippen molar-refractivity contribution in [2.45, 2.75) is 6.92 Å². The maximum atomic E-state index is 14.7. The van der Waals surface area contributed by atoms with E-state index in [2.05, 4.69) is 37.1 Å². The van der Waals surface area contributed by atoms with Crippen LogP contribution >= 0.6 is 0 Å². The third-order valence-electron chi connectivity index (χ3n) is 4.69. The SMILES string of the molecule is CCN1CCN(c2ccc(-c3nc(-c4ccc(=O)[nH]n4)no3)cc2F)CC1. The summed E-state index contributed by atoms with van der Waals surface area (Å²) in [7, 11) is 0. The third kappa shape index (κ3) is 3.59. The molecule has 0 unspecified atom stereocenters. The molecule has 1 aliphatic rings. The van der Waals surface area contributed by atoms with Crippen LogP contribution in [-0.4, -0.2) is 58.0 Å². The van der Waals surface area contributed by atoms with Gasteiger partial charge in [0.15, 0.2) is 0 Å². The van der Waals surface area contributed by atoms with Crippen molar-refractivity contribution in [1.29, 1.82) is 0 Å². The van der Waals surface area contributed by atoms with Crippen LogP contribution in [0.3, 0.4) is 0 Å². The summed E-state index contributed by atoms with van der Waals surface area (Å²) in [6.45, 7) is 6.60. The van der Waals surface area contributed by atoms with Gasteiger partial charge in [-0.05, 0) is 30.8 Å². The summed E-state index contributed by atoms with van der Waals surface area (Å²) in [5.74, 6) is 0.0973. The van der Waals surface area contributed by atoms with Gasteiger partial charge in [-0.1, -0.05) is 12.1 Å². The van der Waals surface area contributed by atoms with Gasteiger partial charge in [-0.15, -0.1) is 0 Å². The van der Waals surface area contributed by atoms with E-state index < -0.39 is 0 Å². The molecule has 4 rings (SSSR count). The van der Waals surface area contributed by atoms with Gasteiger partial charge in [0.2, 0.25) is 5.82 Å². The zero-order chi connectivity index (χ0) is 18.8. The molecule has 140 valence electrons. The minimum Gasteiger partial charge on any atom is -0.367 e. The van der Waals surface area contributed by atoms with Crippen molar-refractivity contribution in [3.8, 4) is 23.0 Å². The molecule has 0 radical (unpaired) electrons. The first-order valence-corrected chi connectivity index (χ1v) is 8.81. The normalized spacial score (nSPS) is 15.3. The predicted molar refractivity (Wildman–Crippen MR) is 97.9 cm³/mol. The van der Waals surface area contributed by atoms with E-state index in [1.807, 2.05) is 0 Å². The molecule has 0 aliphatic carbocycles. The van der Waals surface area contributed by atoms with Crippen LogP contribution in [0.1, 0.15) is 6.92 Å².